The molecule has 0 saturated heterocycles. The van der Waals surface area contributed by atoms with E-state index in [0.29, 0.717) is 25.0 Å². The highest BCUT2D eigenvalue weighted by Gasteiger charge is 2.71. The first kappa shape index (κ1) is 33.0. The van der Waals surface area contributed by atoms with Gasteiger partial charge in [0.15, 0.2) is 0 Å². The van der Waals surface area contributed by atoms with Crippen LogP contribution in [0.5, 0.6) is 0 Å². The summed E-state index contributed by atoms with van der Waals surface area (Å²) in [5, 5.41) is 23.4. The molecule has 2 aromatic carbocycles. The molecular weight excluding hydrogens is 609 g/mol. The summed E-state index contributed by atoms with van der Waals surface area (Å²) < 4.78 is 123. The van der Waals surface area contributed by atoms with E-state index in [4.69, 9.17) is 0 Å². The van der Waals surface area contributed by atoms with Gasteiger partial charge in [0.25, 0.3) is 15.6 Å². The van der Waals surface area contributed by atoms with Crippen molar-refractivity contribution in [2.24, 2.45) is 5.41 Å². The van der Waals surface area contributed by atoms with E-state index >= 15 is 0 Å². The number of aryl methyl sites for hydroxylation is 1. The Bertz CT molecular complexity index is 1470. The summed E-state index contributed by atoms with van der Waals surface area (Å²) in [6.45, 7) is 5.18. The number of nitrogens with zero attached hydrogens (tertiary/aromatic N) is 1. The first-order valence-electron chi connectivity index (χ1n) is 13.3. The number of alkyl halides is 6. The summed E-state index contributed by atoms with van der Waals surface area (Å²) in [6.07, 6.45) is -12.3. The fraction of sp³-hybridized carbons (Fsp3) is 0.536. The van der Waals surface area contributed by atoms with Gasteiger partial charge in [0, 0.05) is 23.4 Å². The molecule has 2 aromatic rings. The van der Waals surface area contributed by atoms with E-state index in [1.807, 2.05) is 0 Å². The molecule has 2 aliphatic rings. The summed E-state index contributed by atoms with van der Waals surface area (Å²) in [6, 6.07) is 3.57. The maximum atomic E-state index is 13.8. The Hall–Kier alpha value is -2.91. The van der Waals surface area contributed by atoms with Gasteiger partial charge in [-0.2, -0.15) is 26.3 Å². The zero-order chi connectivity index (χ0) is 32.4. The van der Waals surface area contributed by atoms with E-state index < -0.39 is 79.7 Å². The van der Waals surface area contributed by atoms with Crippen LogP contribution in [0.3, 0.4) is 0 Å². The van der Waals surface area contributed by atoms with Gasteiger partial charge in [0.2, 0.25) is 5.91 Å². The Labute approximate surface area is 243 Å². The standard InChI is InChI=1S/C28H31F7N2O5S/c1-24(2)22(12-13-25(24,3)39)36-23(38)15-19-8-4-16-14-17(26(40,27(30,31)32)28(33,34)35)5-11-21(16)37(19)43(41,42)20-9-6-18(29)7-10-20/h5-7,9-11,14,19,22,39-40H,4,8,12-13,15H2,1-3H3,(H,36,38)/t19?,22-,25-/m0/s1. The molecule has 1 fully saturated rings. The third-order valence-electron chi connectivity index (χ3n) is 8.94. The third kappa shape index (κ3) is 5.59. The van der Waals surface area contributed by atoms with Crippen molar-refractivity contribution < 1.29 is 54.2 Å². The van der Waals surface area contributed by atoms with Gasteiger partial charge < -0.3 is 15.5 Å². The lowest BCUT2D eigenvalue weighted by atomic mass is 9.76. The van der Waals surface area contributed by atoms with Crippen molar-refractivity contribution in [3.05, 3.63) is 59.4 Å². The van der Waals surface area contributed by atoms with E-state index in [9.17, 15) is 54.2 Å². The molecule has 0 bridgehead atoms. The lowest BCUT2D eigenvalue weighted by molar-refractivity contribution is -0.376. The van der Waals surface area contributed by atoms with E-state index in [0.717, 1.165) is 34.6 Å². The van der Waals surface area contributed by atoms with Crippen LogP contribution in [0.1, 0.15) is 57.6 Å². The summed E-state index contributed by atoms with van der Waals surface area (Å²) in [5.41, 5.74) is -9.10. The molecule has 0 spiro atoms. The van der Waals surface area contributed by atoms with Crippen molar-refractivity contribution in [1.82, 2.24) is 5.32 Å². The Balaban J connectivity index is 1.76. The number of carbonyl (C=O) groups is 1. The van der Waals surface area contributed by atoms with Crippen LogP contribution in [0.25, 0.3) is 0 Å². The number of sulfonamides is 1. The van der Waals surface area contributed by atoms with Gasteiger partial charge in [-0.3, -0.25) is 9.10 Å². The molecule has 1 amide bonds. The molecule has 3 atom stereocenters. The lowest BCUT2D eigenvalue weighted by Crippen LogP contribution is -2.54. The average molecular weight is 641 g/mol. The first-order chi connectivity index (χ1) is 19.5. The summed E-state index contributed by atoms with van der Waals surface area (Å²) >= 11 is 0. The van der Waals surface area contributed by atoms with Crippen molar-refractivity contribution in [2.45, 2.75) is 93.4 Å². The number of hydrogen-bond acceptors (Lipinski definition) is 5. The van der Waals surface area contributed by atoms with Crippen LogP contribution in [0, 0.1) is 11.2 Å². The smallest absolute Gasteiger partial charge is 0.390 e. The number of nitrogens with one attached hydrogen (secondary N) is 1. The molecule has 15 heteroatoms. The van der Waals surface area contributed by atoms with Crippen molar-refractivity contribution in [3.8, 4) is 0 Å². The minimum absolute atomic E-state index is 0.174. The molecule has 1 saturated carbocycles. The van der Waals surface area contributed by atoms with Gasteiger partial charge in [-0.25, -0.2) is 12.8 Å². The second-order valence-electron chi connectivity index (χ2n) is 11.9. The van der Waals surface area contributed by atoms with Crippen LogP contribution in [-0.4, -0.2) is 54.6 Å². The molecule has 0 radical (unpaired) electrons. The maximum Gasteiger partial charge on any atom is 0.430 e. The lowest BCUT2D eigenvalue weighted by Gasteiger charge is -2.40. The van der Waals surface area contributed by atoms with Crippen molar-refractivity contribution in [2.75, 3.05) is 4.31 Å². The SMILES string of the molecule is CC1(C)[C@@H](NC(=O)CC2CCc3cc(C(O)(C(F)(F)F)C(F)(F)F)ccc3N2S(=O)(=O)c2ccc(F)cc2)CC[C@]1(C)O. The Kier molecular flexibility index (Phi) is 8.15. The van der Waals surface area contributed by atoms with E-state index in [-0.39, 0.29) is 24.1 Å². The van der Waals surface area contributed by atoms with E-state index in [2.05, 4.69) is 5.32 Å². The number of anilines is 1. The zero-order valence-electron chi connectivity index (χ0n) is 23.4. The largest absolute Gasteiger partial charge is 0.430 e. The summed E-state index contributed by atoms with van der Waals surface area (Å²) in [5.74, 6) is -1.34. The molecule has 1 aliphatic carbocycles. The Morgan fingerprint density at radius 1 is 1.00 bits per heavy atom. The maximum absolute atomic E-state index is 13.8. The number of hydrogen-bond donors (Lipinski definition) is 3. The predicted molar refractivity (Wildman–Crippen MR) is 141 cm³/mol. The number of fused-ring (bicyclic) bond motifs is 1. The van der Waals surface area contributed by atoms with Gasteiger partial charge in [-0.05, 0) is 68.5 Å². The topological polar surface area (TPSA) is 107 Å². The molecule has 3 N–H and O–H groups in total. The molecule has 1 unspecified atom stereocenters. The van der Waals surface area contributed by atoms with Crippen molar-refractivity contribution in [3.63, 3.8) is 0 Å². The fourth-order valence-corrected chi connectivity index (χ4v) is 7.50. The highest BCUT2D eigenvalue weighted by molar-refractivity contribution is 7.92. The minimum atomic E-state index is -6.15. The second kappa shape index (κ2) is 10.6. The van der Waals surface area contributed by atoms with Gasteiger partial charge >= 0.3 is 12.4 Å². The third-order valence-corrected chi connectivity index (χ3v) is 10.8. The van der Waals surface area contributed by atoms with Crippen molar-refractivity contribution in [1.29, 1.82) is 0 Å². The highest BCUT2D eigenvalue weighted by Crippen LogP contribution is 2.51. The normalized spacial score (nSPS) is 24.5. The molecular formula is C28H31F7N2O5S. The monoisotopic (exact) mass is 640 g/mol. The number of aliphatic hydroxyl groups is 2. The van der Waals surface area contributed by atoms with Crippen LogP contribution in [0.2, 0.25) is 0 Å². The van der Waals surface area contributed by atoms with E-state index in [1.54, 1.807) is 20.8 Å². The average Bonchev–Trinajstić information content (AvgIpc) is 3.08. The first-order valence-corrected chi connectivity index (χ1v) is 14.8. The summed E-state index contributed by atoms with van der Waals surface area (Å²) in [7, 11) is -4.62. The van der Waals surface area contributed by atoms with Crippen LogP contribution in [0.4, 0.5) is 36.4 Å². The second-order valence-corrected chi connectivity index (χ2v) is 13.7. The summed E-state index contributed by atoms with van der Waals surface area (Å²) in [4.78, 5) is 12.8. The molecule has 0 aromatic heterocycles. The van der Waals surface area contributed by atoms with Gasteiger partial charge in [-0.1, -0.05) is 26.0 Å². The molecule has 4 rings (SSSR count). The molecule has 238 valence electrons. The number of amides is 1. The zero-order valence-corrected chi connectivity index (χ0v) is 24.2. The molecule has 43 heavy (non-hydrogen) atoms. The number of rotatable bonds is 6. The molecule has 1 heterocycles. The fourth-order valence-electron chi connectivity index (χ4n) is 5.78. The van der Waals surface area contributed by atoms with Crippen LogP contribution in [0.15, 0.2) is 47.4 Å². The number of benzene rings is 2. The predicted octanol–water partition coefficient (Wildman–Crippen LogP) is 5.09. The van der Waals surface area contributed by atoms with Gasteiger partial charge in [0.1, 0.15) is 5.82 Å². The highest BCUT2D eigenvalue weighted by atomic mass is 32.2. The van der Waals surface area contributed by atoms with Crippen LogP contribution >= 0.6 is 0 Å². The Morgan fingerprint density at radius 2 is 1.58 bits per heavy atom. The minimum Gasteiger partial charge on any atom is -0.390 e. The quantitative estimate of drug-likeness (QED) is 0.382. The Morgan fingerprint density at radius 3 is 2.09 bits per heavy atom. The number of halogens is 7. The van der Waals surface area contributed by atoms with E-state index in [1.165, 1.54) is 0 Å². The van der Waals surface area contributed by atoms with Gasteiger partial charge in [0.05, 0.1) is 22.2 Å². The van der Waals surface area contributed by atoms with Crippen LogP contribution < -0.4 is 9.62 Å². The van der Waals surface area contributed by atoms with Crippen LogP contribution in [-0.2, 0) is 26.8 Å². The number of carbonyl (C=O) groups excluding carboxylic acids is 1. The van der Waals surface area contributed by atoms with Crippen molar-refractivity contribution >= 4 is 21.6 Å². The molecule has 7 nitrogen and oxygen atoms in total. The van der Waals surface area contributed by atoms with Gasteiger partial charge in [-0.15, -0.1) is 0 Å². The molecule has 1 aliphatic heterocycles.